The molecule has 0 aromatic heterocycles. The third kappa shape index (κ3) is 6.25. The van der Waals surface area contributed by atoms with Gasteiger partial charge in [0.15, 0.2) is 5.96 Å². The SMILES string of the molecule is CN(C)C(=O)CN=C(NC1CCCN(C(=O)OC(C)(C)C)C1)NC1CC2CCC1C2. The van der Waals surface area contributed by atoms with Gasteiger partial charge in [0.05, 0.1) is 0 Å². The van der Waals surface area contributed by atoms with Crippen LogP contribution in [0.15, 0.2) is 4.99 Å². The molecule has 2 amide bonds. The van der Waals surface area contributed by atoms with Crippen molar-refractivity contribution in [1.29, 1.82) is 0 Å². The molecule has 3 rings (SSSR count). The van der Waals surface area contributed by atoms with Crippen molar-refractivity contribution in [1.82, 2.24) is 20.4 Å². The number of likely N-dealkylation sites (N-methyl/N-ethyl adjacent to an activating group) is 1. The second-order valence-electron chi connectivity index (χ2n) is 10.3. The van der Waals surface area contributed by atoms with E-state index in [1.54, 1.807) is 23.9 Å². The fourth-order valence-corrected chi connectivity index (χ4v) is 4.80. The van der Waals surface area contributed by atoms with Crippen LogP contribution in [0.3, 0.4) is 0 Å². The van der Waals surface area contributed by atoms with Crippen molar-refractivity contribution in [2.75, 3.05) is 33.7 Å². The zero-order valence-electron chi connectivity index (χ0n) is 19.2. The molecule has 2 saturated carbocycles. The smallest absolute Gasteiger partial charge is 0.410 e. The Kier molecular flexibility index (Phi) is 7.14. The molecule has 1 aliphatic heterocycles. The highest BCUT2D eigenvalue weighted by molar-refractivity contribution is 5.85. The number of aliphatic imine (C=N–C) groups is 1. The van der Waals surface area contributed by atoms with Crippen LogP contribution < -0.4 is 10.6 Å². The van der Waals surface area contributed by atoms with E-state index < -0.39 is 5.60 Å². The molecule has 4 atom stereocenters. The predicted octanol–water partition coefficient (Wildman–Crippen LogP) is 2.20. The van der Waals surface area contributed by atoms with E-state index in [4.69, 9.17) is 4.74 Å². The number of likely N-dealkylation sites (tertiary alicyclic amines) is 1. The van der Waals surface area contributed by atoms with Gasteiger partial charge < -0.3 is 25.2 Å². The molecule has 30 heavy (non-hydrogen) atoms. The van der Waals surface area contributed by atoms with Crippen molar-refractivity contribution >= 4 is 18.0 Å². The Hall–Kier alpha value is -1.99. The summed E-state index contributed by atoms with van der Waals surface area (Å²) in [4.78, 5) is 32.5. The average molecular weight is 422 g/mol. The van der Waals surface area contributed by atoms with E-state index >= 15 is 0 Å². The highest BCUT2D eigenvalue weighted by atomic mass is 16.6. The Labute approximate surface area is 180 Å². The number of fused-ring (bicyclic) bond motifs is 2. The molecule has 170 valence electrons. The summed E-state index contributed by atoms with van der Waals surface area (Å²) < 4.78 is 5.54. The van der Waals surface area contributed by atoms with Crippen LogP contribution in [0.25, 0.3) is 0 Å². The summed E-state index contributed by atoms with van der Waals surface area (Å²) >= 11 is 0. The number of nitrogens with zero attached hydrogens (tertiary/aromatic N) is 3. The molecule has 2 aliphatic carbocycles. The minimum Gasteiger partial charge on any atom is -0.444 e. The van der Waals surface area contributed by atoms with Gasteiger partial charge in [-0.3, -0.25) is 4.79 Å². The molecule has 2 bridgehead atoms. The first-order valence-corrected chi connectivity index (χ1v) is 11.4. The van der Waals surface area contributed by atoms with Crippen LogP contribution in [0.4, 0.5) is 4.79 Å². The van der Waals surface area contributed by atoms with Gasteiger partial charge in [0.25, 0.3) is 0 Å². The standard InChI is InChI=1S/C22H39N5O3/c1-22(2,3)30-21(29)27-10-6-7-17(14-27)24-20(23-13-19(28)26(4)5)25-18-12-15-8-9-16(18)11-15/h15-18H,6-14H2,1-5H3,(H2,23,24,25). The van der Waals surface area contributed by atoms with Crippen molar-refractivity contribution in [3.05, 3.63) is 0 Å². The molecule has 2 N–H and O–H groups in total. The lowest BCUT2D eigenvalue weighted by molar-refractivity contribution is -0.127. The topological polar surface area (TPSA) is 86.3 Å². The molecule has 0 aromatic rings. The summed E-state index contributed by atoms with van der Waals surface area (Å²) in [7, 11) is 3.49. The summed E-state index contributed by atoms with van der Waals surface area (Å²) in [5, 5.41) is 7.11. The van der Waals surface area contributed by atoms with Crippen LogP contribution in [-0.2, 0) is 9.53 Å². The van der Waals surface area contributed by atoms with Gasteiger partial charge in [0.1, 0.15) is 12.1 Å². The molecule has 1 saturated heterocycles. The fraction of sp³-hybridized carbons (Fsp3) is 0.864. The molecule has 4 unspecified atom stereocenters. The van der Waals surface area contributed by atoms with Crippen LogP contribution in [-0.4, -0.2) is 79.2 Å². The maximum absolute atomic E-state index is 12.5. The maximum atomic E-state index is 12.5. The number of nitrogens with one attached hydrogen (secondary N) is 2. The number of piperidine rings is 1. The van der Waals surface area contributed by atoms with Crippen molar-refractivity contribution in [2.24, 2.45) is 16.8 Å². The van der Waals surface area contributed by atoms with Gasteiger partial charge in [0.2, 0.25) is 5.91 Å². The number of ether oxygens (including phenoxy) is 1. The molecule has 0 aromatic carbocycles. The summed E-state index contributed by atoms with van der Waals surface area (Å²) in [6.07, 6.45) is 6.71. The number of carbonyl (C=O) groups is 2. The van der Waals surface area contributed by atoms with Gasteiger partial charge in [0, 0.05) is 39.3 Å². The summed E-state index contributed by atoms with van der Waals surface area (Å²) in [5.41, 5.74) is -0.500. The van der Waals surface area contributed by atoms with E-state index in [0.717, 1.165) is 18.8 Å². The molecule has 8 heteroatoms. The Morgan fingerprint density at radius 1 is 1.13 bits per heavy atom. The molecular formula is C22H39N5O3. The first kappa shape index (κ1) is 22.7. The fourth-order valence-electron chi connectivity index (χ4n) is 4.80. The Bertz CT molecular complexity index is 658. The van der Waals surface area contributed by atoms with Gasteiger partial charge in [-0.15, -0.1) is 0 Å². The zero-order chi connectivity index (χ0) is 21.9. The largest absolute Gasteiger partial charge is 0.444 e. The zero-order valence-corrected chi connectivity index (χ0v) is 19.2. The number of carbonyl (C=O) groups excluding carboxylic acids is 2. The first-order valence-electron chi connectivity index (χ1n) is 11.4. The Balaban J connectivity index is 1.61. The van der Waals surface area contributed by atoms with Crippen LogP contribution in [0.1, 0.15) is 59.3 Å². The lowest BCUT2D eigenvalue weighted by atomic mass is 9.95. The molecule has 3 fully saturated rings. The van der Waals surface area contributed by atoms with Crippen molar-refractivity contribution in [3.63, 3.8) is 0 Å². The molecular weight excluding hydrogens is 382 g/mol. The van der Waals surface area contributed by atoms with Crippen LogP contribution in [0, 0.1) is 11.8 Å². The number of hydrogen-bond donors (Lipinski definition) is 2. The van der Waals surface area contributed by atoms with E-state index in [1.807, 2.05) is 20.8 Å². The van der Waals surface area contributed by atoms with Gasteiger partial charge in [-0.05, 0) is 64.7 Å². The number of rotatable bonds is 4. The molecule has 0 spiro atoms. The summed E-state index contributed by atoms with van der Waals surface area (Å²) in [6, 6.07) is 0.514. The van der Waals surface area contributed by atoms with Crippen LogP contribution >= 0.6 is 0 Å². The highest BCUT2D eigenvalue weighted by Gasteiger charge is 2.40. The summed E-state index contributed by atoms with van der Waals surface area (Å²) in [5.74, 6) is 2.20. The molecule has 1 heterocycles. The Morgan fingerprint density at radius 3 is 2.50 bits per heavy atom. The van der Waals surface area contributed by atoms with Gasteiger partial charge in [-0.1, -0.05) is 6.42 Å². The molecule has 0 radical (unpaired) electrons. The van der Waals surface area contributed by atoms with E-state index in [1.165, 1.54) is 25.7 Å². The quantitative estimate of drug-likeness (QED) is 0.537. The Morgan fingerprint density at radius 2 is 1.90 bits per heavy atom. The third-order valence-corrected chi connectivity index (χ3v) is 6.35. The predicted molar refractivity (Wildman–Crippen MR) is 117 cm³/mol. The van der Waals surface area contributed by atoms with Gasteiger partial charge in [-0.25, -0.2) is 9.79 Å². The van der Waals surface area contributed by atoms with E-state index in [2.05, 4.69) is 15.6 Å². The van der Waals surface area contributed by atoms with Gasteiger partial charge in [-0.2, -0.15) is 0 Å². The van der Waals surface area contributed by atoms with Crippen molar-refractivity contribution in [3.8, 4) is 0 Å². The van der Waals surface area contributed by atoms with Gasteiger partial charge >= 0.3 is 6.09 Å². The lowest BCUT2D eigenvalue weighted by Gasteiger charge is -2.35. The summed E-state index contributed by atoms with van der Waals surface area (Å²) in [6.45, 7) is 7.06. The van der Waals surface area contributed by atoms with Crippen molar-refractivity contribution < 1.29 is 14.3 Å². The maximum Gasteiger partial charge on any atom is 0.410 e. The number of hydrogen-bond acceptors (Lipinski definition) is 4. The minimum atomic E-state index is -0.500. The van der Waals surface area contributed by atoms with E-state index in [9.17, 15) is 9.59 Å². The van der Waals surface area contributed by atoms with E-state index in [-0.39, 0.29) is 24.6 Å². The van der Waals surface area contributed by atoms with Crippen LogP contribution in [0.2, 0.25) is 0 Å². The van der Waals surface area contributed by atoms with Crippen LogP contribution in [0.5, 0.6) is 0 Å². The number of amides is 2. The second-order valence-corrected chi connectivity index (χ2v) is 10.3. The molecule has 8 nitrogen and oxygen atoms in total. The molecule has 3 aliphatic rings. The monoisotopic (exact) mass is 421 g/mol. The normalized spacial score (nSPS) is 29.0. The minimum absolute atomic E-state index is 0.0249. The van der Waals surface area contributed by atoms with E-state index in [0.29, 0.717) is 31.0 Å². The average Bonchev–Trinajstić information content (AvgIpc) is 3.27. The first-order chi connectivity index (χ1) is 14.1. The number of guanidine groups is 1. The lowest BCUT2D eigenvalue weighted by Crippen LogP contribution is -2.55. The highest BCUT2D eigenvalue weighted by Crippen LogP contribution is 2.44. The second kappa shape index (κ2) is 9.43. The third-order valence-electron chi connectivity index (χ3n) is 6.35. The van der Waals surface area contributed by atoms with Crippen molar-refractivity contribution in [2.45, 2.75) is 77.0 Å².